The monoisotopic (exact) mass is 236 g/mol. The van der Waals surface area contributed by atoms with Crippen LogP contribution in [0.25, 0.3) is 0 Å². The Balaban J connectivity index is 2.42. The molecule has 86 valence electrons. The van der Waals surface area contributed by atoms with Gasteiger partial charge in [-0.3, -0.25) is 4.29 Å². The maximum atomic E-state index is 5.78. The van der Waals surface area contributed by atoms with Crippen molar-refractivity contribution >= 4 is 11.9 Å². The molecule has 0 aromatic rings. The van der Waals surface area contributed by atoms with Crippen molar-refractivity contribution in [3.63, 3.8) is 0 Å². The van der Waals surface area contributed by atoms with Gasteiger partial charge in [0.25, 0.3) is 0 Å². The molecule has 0 spiro atoms. The lowest BCUT2D eigenvalue weighted by Crippen LogP contribution is -2.31. The zero-order chi connectivity index (χ0) is 11.8. The molecule has 1 nitrogen and oxygen atoms in total. The molecule has 0 bridgehead atoms. The van der Waals surface area contributed by atoms with Gasteiger partial charge in [0.1, 0.15) is 5.60 Å². The van der Waals surface area contributed by atoms with Crippen molar-refractivity contribution < 1.29 is 4.29 Å². The predicted octanol–water partition coefficient (Wildman–Crippen LogP) is 4.47. The first-order valence-electron chi connectivity index (χ1n) is 5.63. The van der Waals surface area contributed by atoms with Crippen LogP contribution in [0.5, 0.6) is 0 Å². The average Bonchev–Trinajstić information content (AvgIpc) is 2.86. The normalized spacial score (nSPS) is 20.5. The molecule has 0 saturated heterocycles. The SMILES string of the molecule is CC1=C(C(C)(OCl)C2=C(C)C=CC2)CC=C1. The van der Waals surface area contributed by atoms with Crippen LogP contribution >= 0.6 is 11.9 Å². The van der Waals surface area contributed by atoms with Crippen LogP contribution in [0.3, 0.4) is 0 Å². The van der Waals surface area contributed by atoms with Gasteiger partial charge in [-0.25, -0.2) is 0 Å². The fourth-order valence-corrected chi connectivity index (χ4v) is 2.83. The Morgan fingerprint density at radius 2 is 1.50 bits per heavy atom. The van der Waals surface area contributed by atoms with Gasteiger partial charge in [0, 0.05) is 0 Å². The number of hydrogen-bond acceptors (Lipinski definition) is 1. The first-order chi connectivity index (χ1) is 7.59. The summed E-state index contributed by atoms with van der Waals surface area (Å²) in [6, 6.07) is 0. The molecule has 2 heteroatoms. The average molecular weight is 237 g/mol. The minimum absolute atomic E-state index is 0.456. The van der Waals surface area contributed by atoms with Gasteiger partial charge in [-0.15, -0.1) is 0 Å². The quantitative estimate of drug-likeness (QED) is 0.703. The smallest absolute Gasteiger partial charge is 0.131 e. The Morgan fingerprint density at radius 3 is 1.75 bits per heavy atom. The molecule has 0 heterocycles. The number of allylic oxidation sites excluding steroid dienone is 6. The minimum Gasteiger partial charge on any atom is -0.264 e. The third-order valence-corrected chi connectivity index (χ3v) is 3.95. The fourth-order valence-electron chi connectivity index (χ4n) is 2.65. The molecule has 2 aliphatic rings. The first kappa shape index (κ1) is 11.7. The van der Waals surface area contributed by atoms with Crippen LogP contribution in [0.4, 0.5) is 0 Å². The third-order valence-electron chi connectivity index (χ3n) is 3.64. The van der Waals surface area contributed by atoms with Crippen molar-refractivity contribution in [3.8, 4) is 0 Å². The van der Waals surface area contributed by atoms with Gasteiger partial charge < -0.3 is 0 Å². The van der Waals surface area contributed by atoms with Crippen molar-refractivity contribution in [2.24, 2.45) is 0 Å². The van der Waals surface area contributed by atoms with E-state index in [9.17, 15) is 0 Å². The molecule has 0 fully saturated rings. The number of halogens is 1. The van der Waals surface area contributed by atoms with Crippen LogP contribution in [0.15, 0.2) is 46.6 Å². The summed E-state index contributed by atoms with van der Waals surface area (Å²) in [6.45, 7) is 6.30. The summed E-state index contributed by atoms with van der Waals surface area (Å²) in [4.78, 5) is 0. The summed E-state index contributed by atoms with van der Waals surface area (Å²) >= 11 is 5.78. The Hall–Kier alpha value is -0.790. The van der Waals surface area contributed by atoms with Crippen molar-refractivity contribution in [2.45, 2.75) is 39.2 Å². The Morgan fingerprint density at radius 1 is 1.06 bits per heavy atom. The molecule has 0 aromatic carbocycles. The molecule has 0 aliphatic heterocycles. The zero-order valence-electron chi connectivity index (χ0n) is 10.0. The number of hydrogen-bond donors (Lipinski definition) is 0. The molecule has 0 amide bonds. The molecule has 0 unspecified atom stereocenters. The highest BCUT2D eigenvalue weighted by Gasteiger charge is 2.37. The molecular weight excluding hydrogens is 220 g/mol. The predicted molar refractivity (Wildman–Crippen MR) is 68.3 cm³/mol. The second-order valence-corrected chi connectivity index (χ2v) is 4.80. The maximum Gasteiger partial charge on any atom is 0.131 e. The van der Waals surface area contributed by atoms with Crippen LogP contribution in [0.1, 0.15) is 33.6 Å². The maximum absolute atomic E-state index is 5.78. The molecule has 0 aromatic heterocycles. The van der Waals surface area contributed by atoms with Crippen molar-refractivity contribution in [1.82, 2.24) is 0 Å². The summed E-state index contributed by atoms with van der Waals surface area (Å²) in [7, 11) is 0. The second kappa shape index (κ2) is 4.23. The van der Waals surface area contributed by atoms with Gasteiger partial charge in [0.2, 0.25) is 0 Å². The lowest BCUT2D eigenvalue weighted by Gasteiger charge is -2.31. The molecule has 0 saturated carbocycles. The molecular formula is C14H17ClO. The standard InChI is InChI=1S/C14H17ClO/c1-10-6-4-8-12(10)14(3,16-15)13-9-5-7-11(13)2/h4-7H,8-9H2,1-3H3. The van der Waals surface area contributed by atoms with Gasteiger partial charge in [-0.2, -0.15) is 0 Å². The highest BCUT2D eigenvalue weighted by atomic mass is 35.5. The summed E-state index contributed by atoms with van der Waals surface area (Å²) in [5, 5.41) is 0. The highest BCUT2D eigenvalue weighted by Crippen LogP contribution is 2.42. The van der Waals surface area contributed by atoms with E-state index < -0.39 is 5.60 Å². The van der Waals surface area contributed by atoms with E-state index in [0.29, 0.717) is 0 Å². The van der Waals surface area contributed by atoms with E-state index in [2.05, 4.69) is 45.1 Å². The molecule has 0 N–H and O–H groups in total. The zero-order valence-corrected chi connectivity index (χ0v) is 10.8. The Bertz CT molecular complexity index is 388. The highest BCUT2D eigenvalue weighted by molar-refractivity contribution is 6.08. The van der Waals surface area contributed by atoms with Crippen molar-refractivity contribution in [2.75, 3.05) is 0 Å². The summed E-state index contributed by atoms with van der Waals surface area (Å²) < 4.78 is 5.32. The minimum atomic E-state index is -0.456. The van der Waals surface area contributed by atoms with Gasteiger partial charge in [0.15, 0.2) is 0 Å². The van der Waals surface area contributed by atoms with Crippen molar-refractivity contribution in [1.29, 1.82) is 0 Å². The van der Waals surface area contributed by atoms with Crippen LogP contribution in [-0.2, 0) is 4.29 Å². The van der Waals surface area contributed by atoms with Crippen LogP contribution in [0.2, 0.25) is 0 Å². The van der Waals surface area contributed by atoms with E-state index in [4.69, 9.17) is 16.2 Å². The van der Waals surface area contributed by atoms with E-state index in [0.717, 1.165) is 12.8 Å². The molecule has 16 heavy (non-hydrogen) atoms. The second-order valence-electron chi connectivity index (χ2n) is 4.65. The molecule has 0 radical (unpaired) electrons. The van der Waals surface area contributed by atoms with Crippen molar-refractivity contribution in [3.05, 3.63) is 46.6 Å². The summed E-state index contributed by atoms with van der Waals surface area (Å²) in [5.41, 5.74) is 4.65. The van der Waals surface area contributed by atoms with Gasteiger partial charge in [-0.1, -0.05) is 24.3 Å². The van der Waals surface area contributed by atoms with E-state index in [-0.39, 0.29) is 0 Å². The summed E-state index contributed by atoms with van der Waals surface area (Å²) in [5.74, 6) is 0. The van der Waals surface area contributed by atoms with Crippen LogP contribution in [0, 0.1) is 0 Å². The van der Waals surface area contributed by atoms with E-state index in [1.807, 2.05) is 0 Å². The molecule has 0 atom stereocenters. The lowest BCUT2D eigenvalue weighted by molar-refractivity contribution is 0.180. The third kappa shape index (κ3) is 1.68. The molecule has 2 aliphatic carbocycles. The topological polar surface area (TPSA) is 9.23 Å². The van der Waals surface area contributed by atoms with E-state index >= 15 is 0 Å². The number of rotatable bonds is 3. The van der Waals surface area contributed by atoms with E-state index in [1.54, 1.807) is 0 Å². The van der Waals surface area contributed by atoms with Crippen LogP contribution in [-0.4, -0.2) is 5.60 Å². The van der Waals surface area contributed by atoms with Crippen LogP contribution < -0.4 is 0 Å². The molecule has 2 rings (SSSR count). The largest absolute Gasteiger partial charge is 0.264 e. The fraction of sp³-hybridized carbons (Fsp3) is 0.429. The van der Waals surface area contributed by atoms with Gasteiger partial charge in [0.05, 0.1) is 11.9 Å². The van der Waals surface area contributed by atoms with E-state index in [1.165, 1.54) is 22.3 Å². The first-order valence-corrected chi connectivity index (χ1v) is 5.93. The summed E-state index contributed by atoms with van der Waals surface area (Å²) in [6.07, 6.45) is 10.5. The Labute approximate surface area is 102 Å². The Kier molecular flexibility index (Phi) is 3.09. The lowest BCUT2D eigenvalue weighted by atomic mass is 9.83. The van der Waals surface area contributed by atoms with Gasteiger partial charge in [-0.05, 0) is 55.9 Å². The van der Waals surface area contributed by atoms with Gasteiger partial charge >= 0.3 is 0 Å².